The third-order valence-corrected chi connectivity index (χ3v) is 2.95. The number of ether oxygens (including phenoxy) is 1. The summed E-state index contributed by atoms with van der Waals surface area (Å²) in [4.78, 5) is 0. The second kappa shape index (κ2) is 3.53. The van der Waals surface area contributed by atoms with E-state index in [9.17, 15) is 0 Å². The van der Waals surface area contributed by atoms with Crippen LogP contribution in [0, 0.1) is 0 Å². The number of hydrogen-bond acceptors (Lipinski definition) is 1. The zero-order valence-electron chi connectivity index (χ0n) is 9.10. The molecule has 3 aromatic carbocycles. The van der Waals surface area contributed by atoms with E-state index in [-0.39, 0.29) is 0 Å². The van der Waals surface area contributed by atoms with Crippen LogP contribution in [0.2, 0.25) is 0 Å². The van der Waals surface area contributed by atoms with Gasteiger partial charge in [-0.15, -0.1) is 0 Å². The highest BCUT2D eigenvalue weighted by Crippen LogP contribution is 2.27. The minimum Gasteiger partial charge on any atom is -0.497 e. The van der Waals surface area contributed by atoms with Crippen molar-refractivity contribution in [3.8, 4) is 5.75 Å². The number of hydrogen-bond donors (Lipinski definition) is 0. The minimum absolute atomic E-state index is 0.905. The molecule has 0 fully saturated rings. The van der Waals surface area contributed by atoms with Gasteiger partial charge in [-0.2, -0.15) is 0 Å². The molecule has 0 amide bonds. The highest BCUT2D eigenvalue weighted by atomic mass is 16.5. The Morgan fingerprint density at radius 2 is 1.50 bits per heavy atom. The molecule has 0 aliphatic carbocycles. The van der Waals surface area contributed by atoms with Crippen LogP contribution >= 0.6 is 0 Å². The van der Waals surface area contributed by atoms with Crippen molar-refractivity contribution in [3.05, 3.63) is 54.6 Å². The summed E-state index contributed by atoms with van der Waals surface area (Å²) < 4.78 is 5.23. The van der Waals surface area contributed by atoms with Gasteiger partial charge in [0.1, 0.15) is 5.75 Å². The van der Waals surface area contributed by atoms with E-state index in [2.05, 4.69) is 48.5 Å². The lowest BCUT2D eigenvalue weighted by Crippen LogP contribution is -1.83. The van der Waals surface area contributed by atoms with Crippen LogP contribution in [-0.2, 0) is 0 Å². The van der Waals surface area contributed by atoms with Gasteiger partial charge in [0, 0.05) is 0 Å². The highest BCUT2D eigenvalue weighted by molar-refractivity contribution is 6.07. The SMILES string of the molecule is COc1ccc2c(ccc3ccccc32)c1. The summed E-state index contributed by atoms with van der Waals surface area (Å²) in [6.45, 7) is 0. The second-order valence-electron chi connectivity index (χ2n) is 3.87. The maximum absolute atomic E-state index is 5.23. The summed E-state index contributed by atoms with van der Waals surface area (Å²) >= 11 is 0. The first-order valence-electron chi connectivity index (χ1n) is 5.34. The predicted molar refractivity (Wildman–Crippen MR) is 68.0 cm³/mol. The Morgan fingerprint density at radius 3 is 2.38 bits per heavy atom. The summed E-state index contributed by atoms with van der Waals surface area (Å²) in [6.07, 6.45) is 0. The molecule has 0 N–H and O–H groups in total. The lowest BCUT2D eigenvalue weighted by Gasteiger charge is -2.05. The lowest BCUT2D eigenvalue weighted by atomic mass is 10.0. The van der Waals surface area contributed by atoms with Gasteiger partial charge in [0.2, 0.25) is 0 Å². The van der Waals surface area contributed by atoms with Crippen molar-refractivity contribution >= 4 is 21.5 Å². The van der Waals surface area contributed by atoms with Gasteiger partial charge in [-0.05, 0) is 33.7 Å². The van der Waals surface area contributed by atoms with Gasteiger partial charge in [0.15, 0.2) is 0 Å². The Balaban J connectivity index is 2.43. The van der Waals surface area contributed by atoms with Crippen LogP contribution in [0.25, 0.3) is 21.5 Å². The molecule has 0 spiro atoms. The van der Waals surface area contributed by atoms with Crippen molar-refractivity contribution < 1.29 is 4.74 Å². The summed E-state index contributed by atoms with van der Waals surface area (Å²) in [5.74, 6) is 0.905. The Labute approximate surface area is 94.3 Å². The molecule has 0 aromatic heterocycles. The molecule has 0 heterocycles. The highest BCUT2D eigenvalue weighted by Gasteiger charge is 2.00. The maximum Gasteiger partial charge on any atom is 0.119 e. The molecule has 3 aromatic rings. The summed E-state index contributed by atoms with van der Waals surface area (Å²) in [5, 5.41) is 5.07. The summed E-state index contributed by atoms with van der Waals surface area (Å²) in [7, 11) is 1.70. The van der Waals surface area contributed by atoms with Gasteiger partial charge in [0.05, 0.1) is 7.11 Å². The topological polar surface area (TPSA) is 9.23 Å². The molecule has 3 rings (SSSR count). The molecule has 16 heavy (non-hydrogen) atoms. The van der Waals surface area contributed by atoms with Gasteiger partial charge in [-0.25, -0.2) is 0 Å². The average molecular weight is 208 g/mol. The number of methoxy groups -OCH3 is 1. The van der Waals surface area contributed by atoms with Crippen LogP contribution in [0.3, 0.4) is 0 Å². The van der Waals surface area contributed by atoms with Crippen LogP contribution < -0.4 is 4.74 Å². The zero-order chi connectivity index (χ0) is 11.0. The molecule has 1 heteroatoms. The molecular weight excluding hydrogens is 196 g/mol. The minimum atomic E-state index is 0.905. The van der Waals surface area contributed by atoms with Crippen molar-refractivity contribution in [1.29, 1.82) is 0 Å². The quantitative estimate of drug-likeness (QED) is 0.549. The number of rotatable bonds is 1. The monoisotopic (exact) mass is 208 g/mol. The van der Waals surface area contributed by atoms with Gasteiger partial charge in [0.25, 0.3) is 0 Å². The van der Waals surface area contributed by atoms with E-state index in [1.54, 1.807) is 7.11 Å². The molecule has 0 saturated carbocycles. The van der Waals surface area contributed by atoms with E-state index in [0.29, 0.717) is 0 Å². The fourth-order valence-electron chi connectivity index (χ4n) is 2.12. The van der Waals surface area contributed by atoms with Crippen LogP contribution in [0.1, 0.15) is 0 Å². The van der Waals surface area contributed by atoms with Crippen molar-refractivity contribution in [2.24, 2.45) is 0 Å². The first-order chi connectivity index (χ1) is 7.88. The van der Waals surface area contributed by atoms with Crippen molar-refractivity contribution in [2.45, 2.75) is 0 Å². The molecule has 0 radical (unpaired) electrons. The first kappa shape index (κ1) is 9.22. The molecular formula is C15H12O. The van der Waals surface area contributed by atoms with E-state index in [1.807, 2.05) is 6.07 Å². The third-order valence-electron chi connectivity index (χ3n) is 2.95. The zero-order valence-corrected chi connectivity index (χ0v) is 9.10. The largest absolute Gasteiger partial charge is 0.497 e. The van der Waals surface area contributed by atoms with E-state index in [4.69, 9.17) is 4.74 Å². The average Bonchev–Trinajstić information content (AvgIpc) is 2.38. The second-order valence-corrected chi connectivity index (χ2v) is 3.87. The van der Waals surface area contributed by atoms with Crippen molar-refractivity contribution in [1.82, 2.24) is 0 Å². The normalized spacial score (nSPS) is 10.8. The van der Waals surface area contributed by atoms with Crippen molar-refractivity contribution in [3.63, 3.8) is 0 Å². The Bertz CT molecular complexity index is 656. The third kappa shape index (κ3) is 1.33. The van der Waals surface area contributed by atoms with Gasteiger partial charge >= 0.3 is 0 Å². The fraction of sp³-hybridized carbons (Fsp3) is 0.0667. The molecule has 78 valence electrons. The van der Waals surface area contributed by atoms with Gasteiger partial charge in [-0.1, -0.05) is 42.5 Å². The van der Waals surface area contributed by atoms with E-state index in [1.165, 1.54) is 21.5 Å². The molecule has 0 aliphatic rings. The molecule has 0 saturated heterocycles. The Morgan fingerprint density at radius 1 is 0.750 bits per heavy atom. The van der Waals surface area contributed by atoms with Crippen molar-refractivity contribution in [2.75, 3.05) is 7.11 Å². The smallest absolute Gasteiger partial charge is 0.119 e. The number of benzene rings is 3. The Hall–Kier alpha value is -2.02. The Kier molecular flexibility index (Phi) is 2.03. The number of fused-ring (bicyclic) bond motifs is 3. The van der Waals surface area contributed by atoms with E-state index >= 15 is 0 Å². The first-order valence-corrected chi connectivity index (χ1v) is 5.34. The molecule has 0 bridgehead atoms. The molecule has 0 unspecified atom stereocenters. The van der Waals surface area contributed by atoms with Crippen LogP contribution in [0.15, 0.2) is 54.6 Å². The standard InChI is InChI=1S/C15H12O/c1-16-13-8-9-15-12(10-13)7-6-11-4-2-3-5-14(11)15/h2-10H,1H3. The molecule has 0 aliphatic heterocycles. The summed E-state index contributed by atoms with van der Waals surface area (Å²) in [5.41, 5.74) is 0. The van der Waals surface area contributed by atoms with E-state index in [0.717, 1.165) is 5.75 Å². The predicted octanol–water partition coefficient (Wildman–Crippen LogP) is 4.00. The van der Waals surface area contributed by atoms with Crippen LogP contribution in [0.5, 0.6) is 5.75 Å². The summed E-state index contributed by atoms with van der Waals surface area (Å²) in [6, 6.07) is 18.9. The lowest BCUT2D eigenvalue weighted by molar-refractivity contribution is 0.415. The molecule has 1 nitrogen and oxygen atoms in total. The van der Waals surface area contributed by atoms with Crippen LogP contribution in [0.4, 0.5) is 0 Å². The molecule has 0 atom stereocenters. The maximum atomic E-state index is 5.23. The van der Waals surface area contributed by atoms with Gasteiger partial charge in [-0.3, -0.25) is 0 Å². The van der Waals surface area contributed by atoms with E-state index < -0.39 is 0 Å². The fourth-order valence-corrected chi connectivity index (χ4v) is 2.12. The van der Waals surface area contributed by atoms with Gasteiger partial charge < -0.3 is 4.74 Å². The van der Waals surface area contributed by atoms with Crippen LogP contribution in [-0.4, -0.2) is 7.11 Å².